The highest BCUT2D eigenvalue weighted by atomic mass is 32.1. The van der Waals surface area contributed by atoms with Crippen molar-refractivity contribution in [3.8, 4) is 39.3 Å². The predicted octanol–water partition coefficient (Wildman–Crippen LogP) is 3.66. The van der Waals surface area contributed by atoms with Gasteiger partial charge in [0.15, 0.2) is 0 Å². The van der Waals surface area contributed by atoms with Crippen LogP contribution in [0.1, 0.15) is 5.56 Å². The van der Waals surface area contributed by atoms with E-state index in [1.807, 2.05) is 23.6 Å². The average Bonchev–Trinajstić information content (AvgIpc) is 3.15. The average molecular weight is 338 g/mol. The predicted molar refractivity (Wildman–Crippen MR) is 93.6 cm³/mol. The van der Waals surface area contributed by atoms with E-state index in [9.17, 15) is 10.1 Å². The third-order valence-corrected chi connectivity index (χ3v) is 4.53. The Morgan fingerprint density at radius 2 is 1.96 bits per heavy atom. The van der Waals surface area contributed by atoms with Crippen molar-refractivity contribution in [2.75, 3.05) is 14.2 Å². The second-order valence-electron chi connectivity index (χ2n) is 4.96. The van der Waals surface area contributed by atoms with Crippen molar-refractivity contribution in [3.05, 3.63) is 57.7 Å². The van der Waals surface area contributed by atoms with Crippen molar-refractivity contribution in [1.82, 2.24) is 4.98 Å². The van der Waals surface area contributed by atoms with Gasteiger partial charge in [-0.3, -0.25) is 4.79 Å². The van der Waals surface area contributed by atoms with Crippen LogP contribution in [0.25, 0.3) is 21.7 Å². The van der Waals surface area contributed by atoms with Gasteiger partial charge in [0.2, 0.25) is 0 Å². The number of nitrogens with one attached hydrogen (secondary N) is 1. The lowest BCUT2D eigenvalue weighted by atomic mass is 9.99. The summed E-state index contributed by atoms with van der Waals surface area (Å²) >= 11 is 1.51. The molecule has 0 aliphatic carbocycles. The number of benzene rings is 1. The van der Waals surface area contributed by atoms with Crippen molar-refractivity contribution in [2.24, 2.45) is 0 Å². The Morgan fingerprint density at radius 3 is 2.58 bits per heavy atom. The van der Waals surface area contributed by atoms with E-state index in [1.165, 1.54) is 18.4 Å². The summed E-state index contributed by atoms with van der Waals surface area (Å²) in [5.74, 6) is 1.17. The molecule has 0 bridgehead atoms. The van der Waals surface area contributed by atoms with Crippen LogP contribution in [0, 0.1) is 11.3 Å². The Hall–Kier alpha value is -3.04. The summed E-state index contributed by atoms with van der Waals surface area (Å²) in [7, 11) is 3.11. The molecule has 0 aliphatic heterocycles. The topological polar surface area (TPSA) is 75.1 Å². The van der Waals surface area contributed by atoms with E-state index in [0.717, 1.165) is 4.88 Å². The standard InChI is InChI=1S/C18H14N2O3S/c1-22-11-5-6-12(16(8-11)23-2)13-9-15(17-4-3-7-24-17)20-18(21)14(13)10-19/h3-9H,1-2H3,(H,20,21). The second-order valence-corrected chi connectivity index (χ2v) is 5.90. The van der Waals surface area contributed by atoms with Gasteiger partial charge in [-0.1, -0.05) is 6.07 Å². The van der Waals surface area contributed by atoms with Gasteiger partial charge in [0.1, 0.15) is 23.1 Å². The van der Waals surface area contributed by atoms with Crippen LogP contribution in [0.2, 0.25) is 0 Å². The second kappa shape index (κ2) is 6.60. The maximum absolute atomic E-state index is 12.3. The van der Waals surface area contributed by atoms with Gasteiger partial charge >= 0.3 is 0 Å². The van der Waals surface area contributed by atoms with E-state index in [2.05, 4.69) is 4.98 Å². The van der Waals surface area contributed by atoms with E-state index >= 15 is 0 Å². The van der Waals surface area contributed by atoms with Crippen LogP contribution in [0.15, 0.2) is 46.6 Å². The number of methoxy groups -OCH3 is 2. The van der Waals surface area contributed by atoms with Gasteiger partial charge in [0.05, 0.1) is 24.8 Å². The number of hydrogen-bond donors (Lipinski definition) is 1. The Kier molecular flexibility index (Phi) is 4.36. The van der Waals surface area contributed by atoms with Crippen molar-refractivity contribution in [2.45, 2.75) is 0 Å². The summed E-state index contributed by atoms with van der Waals surface area (Å²) in [5, 5.41) is 11.3. The van der Waals surface area contributed by atoms with Crippen molar-refractivity contribution >= 4 is 11.3 Å². The van der Waals surface area contributed by atoms with Crippen LogP contribution in [-0.2, 0) is 0 Å². The summed E-state index contributed by atoms with van der Waals surface area (Å²) < 4.78 is 10.6. The number of ether oxygens (including phenoxy) is 2. The van der Waals surface area contributed by atoms with E-state index in [1.54, 1.807) is 31.4 Å². The van der Waals surface area contributed by atoms with Gasteiger partial charge < -0.3 is 14.5 Å². The van der Waals surface area contributed by atoms with Gasteiger partial charge in [0, 0.05) is 17.2 Å². The third kappa shape index (κ3) is 2.77. The molecule has 0 saturated carbocycles. The molecular weight excluding hydrogens is 324 g/mol. The third-order valence-electron chi connectivity index (χ3n) is 3.63. The fraction of sp³-hybridized carbons (Fsp3) is 0.111. The summed E-state index contributed by atoms with van der Waals surface area (Å²) in [6.45, 7) is 0. The summed E-state index contributed by atoms with van der Waals surface area (Å²) in [4.78, 5) is 16.0. The first-order chi connectivity index (χ1) is 11.7. The summed E-state index contributed by atoms with van der Waals surface area (Å²) in [6, 6.07) is 12.9. The van der Waals surface area contributed by atoms with E-state index in [-0.39, 0.29) is 5.56 Å². The van der Waals surface area contributed by atoms with Gasteiger partial charge in [-0.2, -0.15) is 5.26 Å². The number of aromatic amines is 1. The molecule has 120 valence electrons. The number of hydrogen-bond acceptors (Lipinski definition) is 5. The molecule has 2 aromatic heterocycles. The maximum atomic E-state index is 12.3. The molecule has 3 rings (SSSR count). The number of pyridine rings is 1. The first-order valence-corrected chi connectivity index (χ1v) is 7.99. The highest BCUT2D eigenvalue weighted by molar-refractivity contribution is 7.13. The molecule has 1 N–H and O–H groups in total. The number of aromatic nitrogens is 1. The lowest BCUT2D eigenvalue weighted by molar-refractivity contribution is 0.395. The molecule has 1 aromatic carbocycles. The number of H-pyrrole nitrogens is 1. The van der Waals surface area contributed by atoms with Crippen LogP contribution in [0.3, 0.4) is 0 Å². The van der Waals surface area contributed by atoms with Gasteiger partial charge in [-0.25, -0.2) is 0 Å². The number of nitrogens with zero attached hydrogens (tertiary/aromatic N) is 1. The molecule has 0 radical (unpaired) electrons. The largest absolute Gasteiger partial charge is 0.497 e. The Labute approximate surface area is 142 Å². The number of rotatable bonds is 4. The molecule has 6 heteroatoms. The minimum absolute atomic E-state index is 0.0544. The summed E-state index contributed by atoms with van der Waals surface area (Å²) in [5.41, 5.74) is 1.50. The highest BCUT2D eigenvalue weighted by Crippen LogP contribution is 2.36. The first-order valence-electron chi connectivity index (χ1n) is 7.11. The SMILES string of the molecule is COc1ccc(-c2cc(-c3cccs3)[nH]c(=O)c2C#N)c(OC)c1. The van der Waals surface area contributed by atoms with Gasteiger partial charge in [0.25, 0.3) is 5.56 Å². The van der Waals surface area contributed by atoms with Crippen LogP contribution in [-0.4, -0.2) is 19.2 Å². The molecule has 3 aromatic rings. The number of nitriles is 1. The zero-order chi connectivity index (χ0) is 17.1. The quantitative estimate of drug-likeness (QED) is 0.788. The Balaban J connectivity index is 2.27. The minimum Gasteiger partial charge on any atom is -0.497 e. The van der Waals surface area contributed by atoms with Crippen LogP contribution in [0.5, 0.6) is 11.5 Å². The molecule has 2 heterocycles. The number of thiophene rings is 1. The van der Waals surface area contributed by atoms with E-state index in [0.29, 0.717) is 28.3 Å². The fourth-order valence-corrected chi connectivity index (χ4v) is 3.17. The lowest BCUT2D eigenvalue weighted by Gasteiger charge is -2.12. The Morgan fingerprint density at radius 1 is 1.12 bits per heavy atom. The van der Waals surface area contributed by atoms with Crippen LogP contribution < -0.4 is 15.0 Å². The smallest absolute Gasteiger partial charge is 0.266 e. The molecular formula is C18H14N2O3S. The Bertz CT molecular complexity index is 969. The van der Waals surface area contributed by atoms with Crippen LogP contribution in [0.4, 0.5) is 0 Å². The zero-order valence-electron chi connectivity index (χ0n) is 13.1. The fourth-order valence-electron chi connectivity index (χ4n) is 2.47. The maximum Gasteiger partial charge on any atom is 0.266 e. The van der Waals surface area contributed by atoms with E-state index in [4.69, 9.17) is 9.47 Å². The normalized spacial score (nSPS) is 10.2. The minimum atomic E-state index is -0.420. The molecule has 0 saturated heterocycles. The molecule has 0 amide bonds. The van der Waals surface area contributed by atoms with Gasteiger partial charge in [-0.15, -0.1) is 11.3 Å². The molecule has 0 aliphatic rings. The molecule has 0 atom stereocenters. The van der Waals surface area contributed by atoms with Crippen LogP contribution >= 0.6 is 11.3 Å². The zero-order valence-corrected chi connectivity index (χ0v) is 13.9. The first kappa shape index (κ1) is 15.8. The monoisotopic (exact) mass is 338 g/mol. The molecule has 24 heavy (non-hydrogen) atoms. The molecule has 0 fully saturated rings. The highest BCUT2D eigenvalue weighted by Gasteiger charge is 2.16. The summed E-state index contributed by atoms with van der Waals surface area (Å²) in [6.07, 6.45) is 0. The molecule has 0 unspecified atom stereocenters. The lowest BCUT2D eigenvalue weighted by Crippen LogP contribution is -2.12. The van der Waals surface area contributed by atoms with E-state index < -0.39 is 5.56 Å². The van der Waals surface area contributed by atoms with Crippen molar-refractivity contribution in [1.29, 1.82) is 5.26 Å². The van der Waals surface area contributed by atoms with Gasteiger partial charge in [-0.05, 0) is 29.6 Å². The van der Waals surface area contributed by atoms with Crippen molar-refractivity contribution < 1.29 is 9.47 Å². The van der Waals surface area contributed by atoms with Crippen molar-refractivity contribution in [3.63, 3.8) is 0 Å². The molecule has 0 spiro atoms. The molecule has 5 nitrogen and oxygen atoms in total.